The Labute approximate surface area is 138 Å². The number of nitrogens with zero attached hydrogens (tertiary/aromatic N) is 2. The summed E-state index contributed by atoms with van der Waals surface area (Å²) in [5, 5.41) is 18.0. The highest BCUT2D eigenvalue weighted by atomic mass is 32.2. The van der Waals surface area contributed by atoms with Gasteiger partial charge in [-0.1, -0.05) is 23.9 Å². The van der Waals surface area contributed by atoms with E-state index in [1.807, 2.05) is 4.98 Å². The Bertz CT molecular complexity index is 887. The first-order valence-corrected chi connectivity index (χ1v) is 7.41. The maximum absolute atomic E-state index is 11.6. The molecule has 1 heterocycles. The number of carboxylic acid groups (broad SMARTS) is 1. The molecular formula is C13H11N5O5S. The molecule has 0 aliphatic heterocycles. The van der Waals surface area contributed by atoms with Crippen LogP contribution in [0, 0.1) is 0 Å². The molecule has 0 radical (unpaired) electrons. The number of amides is 1. The van der Waals surface area contributed by atoms with E-state index < -0.39 is 23.1 Å². The van der Waals surface area contributed by atoms with Crippen molar-refractivity contribution < 1.29 is 14.7 Å². The molecule has 0 spiro atoms. The van der Waals surface area contributed by atoms with Crippen LogP contribution < -0.4 is 16.7 Å². The average molecular weight is 349 g/mol. The molecular weight excluding hydrogens is 338 g/mol. The highest BCUT2D eigenvalue weighted by Crippen LogP contribution is 2.07. The third kappa shape index (κ3) is 4.91. The molecule has 10 nitrogen and oxygen atoms in total. The topological polar surface area (TPSA) is 157 Å². The van der Waals surface area contributed by atoms with Crippen LogP contribution in [0.2, 0.25) is 0 Å². The number of hydrazone groups is 1. The first kappa shape index (κ1) is 17.1. The minimum absolute atomic E-state index is 0.0435. The molecule has 0 aliphatic rings. The Balaban J connectivity index is 1.85. The van der Waals surface area contributed by atoms with Gasteiger partial charge in [0.15, 0.2) is 5.03 Å². The van der Waals surface area contributed by atoms with Gasteiger partial charge in [-0.05, 0) is 17.7 Å². The molecule has 2 rings (SSSR count). The number of H-pyrrole nitrogens is 2. The lowest BCUT2D eigenvalue weighted by Gasteiger charge is -1.99. The molecule has 2 aromatic rings. The minimum atomic E-state index is -1.03. The zero-order valence-corrected chi connectivity index (χ0v) is 12.8. The van der Waals surface area contributed by atoms with Gasteiger partial charge >= 0.3 is 11.7 Å². The summed E-state index contributed by atoms with van der Waals surface area (Å²) in [5.74, 6) is -1.64. The number of aromatic carboxylic acids is 1. The van der Waals surface area contributed by atoms with Crippen LogP contribution in [0.1, 0.15) is 15.9 Å². The summed E-state index contributed by atoms with van der Waals surface area (Å²) in [6.45, 7) is 0. The molecule has 11 heteroatoms. The molecule has 0 bridgehead atoms. The van der Waals surface area contributed by atoms with E-state index in [2.05, 4.69) is 20.7 Å². The van der Waals surface area contributed by atoms with Gasteiger partial charge < -0.3 is 5.11 Å². The predicted octanol–water partition coefficient (Wildman–Crippen LogP) is -0.601. The van der Waals surface area contributed by atoms with Crippen molar-refractivity contribution in [3.05, 3.63) is 56.2 Å². The number of hydrogen-bond donors (Lipinski definition) is 4. The predicted molar refractivity (Wildman–Crippen MR) is 85.3 cm³/mol. The van der Waals surface area contributed by atoms with Gasteiger partial charge in [-0.3, -0.25) is 14.6 Å². The van der Waals surface area contributed by atoms with E-state index >= 15 is 0 Å². The number of thioether (sulfide) groups is 1. The summed E-state index contributed by atoms with van der Waals surface area (Å²) >= 11 is 0.839. The second kappa shape index (κ2) is 7.87. The van der Waals surface area contributed by atoms with E-state index in [4.69, 9.17) is 5.11 Å². The molecule has 124 valence electrons. The van der Waals surface area contributed by atoms with E-state index in [9.17, 15) is 19.2 Å². The van der Waals surface area contributed by atoms with Crippen LogP contribution in [0.25, 0.3) is 0 Å². The highest BCUT2D eigenvalue weighted by Gasteiger charge is 2.07. The van der Waals surface area contributed by atoms with Crippen LogP contribution in [-0.2, 0) is 4.79 Å². The van der Waals surface area contributed by atoms with Gasteiger partial charge in [0.1, 0.15) is 0 Å². The lowest BCUT2D eigenvalue weighted by Crippen LogP contribution is -2.26. The first-order chi connectivity index (χ1) is 11.5. The Hall–Kier alpha value is -3.21. The van der Waals surface area contributed by atoms with Crippen LogP contribution in [0.3, 0.4) is 0 Å². The number of hydrogen-bond acceptors (Lipinski definition) is 7. The molecule has 0 fully saturated rings. The van der Waals surface area contributed by atoms with Crippen molar-refractivity contribution >= 4 is 29.9 Å². The standard InChI is InChI=1S/C13H11N5O5S/c19-9(6-24-11-10(20)15-13(23)18-17-11)16-14-5-7-1-3-8(4-2-7)12(21)22/h1-5H,6H2,(H,16,19)(H,21,22)(H2,15,18,20,23)/b14-5-. The lowest BCUT2D eigenvalue weighted by atomic mass is 10.1. The minimum Gasteiger partial charge on any atom is -0.478 e. The summed E-state index contributed by atoms with van der Waals surface area (Å²) < 4.78 is 0. The van der Waals surface area contributed by atoms with E-state index in [0.29, 0.717) is 5.56 Å². The molecule has 24 heavy (non-hydrogen) atoms. The summed E-state index contributed by atoms with van der Waals surface area (Å²) in [5.41, 5.74) is 1.59. The van der Waals surface area contributed by atoms with Gasteiger partial charge in [-0.15, -0.1) is 0 Å². The molecule has 1 aromatic heterocycles. The van der Waals surface area contributed by atoms with Crippen LogP contribution in [-0.4, -0.2) is 44.1 Å². The highest BCUT2D eigenvalue weighted by molar-refractivity contribution is 7.99. The van der Waals surface area contributed by atoms with E-state index in [0.717, 1.165) is 11.8 Å². The fourth-order valence-electron chi connectivity index (χ4n) is 1.49. The lowest BCUT2D eigenvalue weighted by molar-refractivity contribution is -0.118. The smallest absolute Gasteiger partial charge is 0.342 e. The van der Waals surface area contributed by atoms with Crippen molar-refractivity contribution in [1.29, 1.82) is 0 Å². The Morgan fingerprint density at radius 2 is 2.00 bits per heavy atom. The third-order valence-electron chi connectivity index (χ3n) is 2.58. The fraction of sp³-hybridized carbons (Fsp3) is 0.0769. The summed E-state index contributed by atoms with van der Waals surface area (Å²) in [6, 6.07) is 5.90. The maximum atomic E-state index is 11.6. The zero-order valence-electron chi connectivity index (χ0n) is 12.0. The van der Waals surface area contributed by atoms with Crippen LogP contribution in [0.5, 0.6) is 0 Å². The number of rotatable bonds is 6. The number of aromatic amines is 2. The van der Waals surface area contributed by atoms with Crippen molar-refractivity contribution in [1.82, 2.24) is 20.6 Å². The fourth-order valence-corrected chi connectivity index (χ4v) is 2.12. The molecule has 4 N–H and O–H groups in total. The average Bonchev–Trinajstić information content (AvgIpc) is 2.54. The van der Waals surface area contributed by atoms with Crippen molar-refractivity contribution in [2.75, 3.05) is 5.75 Å². The van der Waals surface area contributed by atoms with Gasteiger partial charge in [-0.25, -0.2) is 20.1 Å². The largest absolute Gasteiger partial charge is 0.478 e. The first-order valence-electron chi connectivity index (χ1n) is 6.43. The number of carboxylic acids is 1. The summed E-state index contributed by atoms with van der Waals surface area (Å²) in [6.07, 6.45) is 1.35. The van der Waals surface area contributed by atoms with Crippen molar-refractivity contribution in [3.8, 4) is 0 Å². The summed E-state index contributed by atoms with van der Waals surface area (Å²) in [4.78, 5) is 46.5. The Kier molecular flexibility index (Phi) is 5.63. The number of nitrogens with one attached hydrogen (secondary N) is 3. The van der Waals surface area contributed by atoms with Gasteiger partial charge in [0.2, 0.25) is 5.91 Å². The summed E-state index contributed by atoms with van der Waals surface area (Å²) in [7, 11) is 0. The van der Waals surface area contributed by atoms with Crippen LogP contribution in [0.15, 0.2) is 44.0 Å². The Morgan fingerprint density at radius 1 is 1.29 bits per heavy atom. The van der Waals surface area contributed by atoms with E-state index in [-0.39, 0.29) is 16.3 Å². The van der Waals surface area contributed by atoms with E-state index in [1.54, 1.807) is 0 Å². The van der Waals surface area contributed by atoms with Gasteiger partial charge in [0, 0.05) is 0 Å². The van der Waals surface area contributed by atoms with Gasteiger partial charge in [0.25, 0.3) is 5.56 Å². The SMILES string of the molecule is O=C(CSc1n[nH]c(=O)[nH]c1=O)N/N=C\c1ccc(C(=O)O)cc1. The number of carbonyl (C=O) groups excluding carboxylic acids is 1. The third-order valence-corrected chi connectivity index (χ3v) is 3.54. The van der Waals surface area contributed by atoms with Crippen molar-refractivity contribution in [3.63, 3.8) is 0 Å². The zero-order chi connectivity index (χ0) is 17.5. The quantitative estimate of drug-likeness (QED) is 0.308. The second-order valence-corrected chi connectivity index (χ2v) is 5.29. The molecule has 1 aromatic carbocycles. The molecule has 0 unspecified atom stereocenters. The Morgan fingerprint density at radius 3 is 2.62 bits per heavy atom. The normalized spacial score (nSPS) is 10.7. The van der Waals surface area contributed by atoms with Crippen LogP contribution >= 0.6 is 11.8 Å². The molecule has 1 amide bonds. The molecule has 0 saturated carbocycles. The second-order valence-electron chi connectivity index (χ2n) is 4.32. The molecule has 0 saturated heterocycles. The number of carbonyl (C=O) groups is 2. The van der Waals surface area contributed by atoms with Crippen molar-refractivity contribution in [2.45, 2.75) is 5.03 Å². The monoisotopic (exact) mass is 349 g/mol. The van der Waals surface area contributed by atoms with Gasteiger partial charge in [0.05, 0.1) is 17.5 Å². The van der Waals surface area contributed by atoms with Gasteiger partial charge in [-0.2, -0.15) is 10.2 Å². The number of benzene rings is 1. The van der Waals surface area contributed by atoms with Crippen LogP contribution in [0.4, 0.5) is 0 Å². The molecule has 0 aliphatic carbocycles. The molecule has 0 atom stereocenters. The van der Waals surface area contributed by atoms with E-state index in [1.165, 1.54) is 30.5 Å². The number of aromatic nitrogens is 3. The maximum Gasteiger partial charge on any atom is 0.342 e. The van der Waals surface area contributed by atoms with Crippen molar-refractivity contribution in [2.24, 2.45) is 5.10 Å².